The number of benzene rings is 1. The van der Waals surface area contributed by atoms with Gasteiger partial charge >= 0.3 is 0 Å². The smallest absolute Gasteiger partial charge is 0.263 e. The van der Waals surface area contributed by atoms with Gasteiger partial charge < -0.3 is 0 Å². The molecule has 7 heteroatoms. The Bertz CT molecular complexity index is 793. The summed E-state index contributed by atoms with van der Waals surface area (Å²) in [5, 5.41) is 0. The first kappa shape index (κ1) is 14.3. The number of hydrogen-bond donors (Lipinski definition) is 0. The number of thioether (sulfide) groups is 1. The number of hydrogen-bond acceptors (Lipinski definition) is 4. The van der Waals surface area contributed by atoms with Crippen molar-refractivity contribution in [2.75, 3.05) is 16.6 Å². The molecule has 1 aliphatic rings. The minimum absolute atomic E-state index is 0.0349. The summed E-state index contributed by atoms with van der Waals surface area (Å²) < 4.78 is 40.4. The molecule has 0 radical (unpaired) electrons. The second-order valence-corrected chi connectivity index (χ2v) is 7.68. The zero-order chi connectivity index (χ0) is 15.0. The molecule has 0 atom stereocenters. The van der Waals surface area contributed by atoms with Crippen molar-refractivity contribution in [2.45, 2.75) is 16.7 Å². The maximum atomic E-state index is 13.7. The third kappa shape index (κ3) is 2.51. The molecule has 0 amide bonds. The molecular formula is C14H13FN2O2S2. The van der Waals surface area contributed by atoms with Gasteiger partial charge in [-0.3, -0.25) is 9.29 Å². The molecule has 3 rings (SSSR count). The Labute approximate surface area is 127 Å². The number of rotatable bonds is 2. The molecule has 0 fully saturated rings. The molecule has 4 nitrogen and oxygen atoms in total. The van der Waals surface area contributed by atoms with E-state index >= 15 is 0 Å². The van der Waals surface area contributed by atoms with Crippen LogP contribution in [0, 0.1) is 12.7 Å². The van der Waals surface area contributed by atoms with E-state index in [4.69, 9.17) is 0 Å². The van der Waals surface area contributed by atoms with E-state index < -0.39 is 15.8 Å². The van der Waals surface area contributed by atoms with E-state index in [1.165, 1.54) is 22.6 Å². The molecule has 1 aliphatic heterocycles. The number of aryl methyl sites for hydroxylation is 1. The van der Waals surface area contributed by atoms with Crippen LogP contribution in [0.5, 0.6) is 0 Å². The Morgan fingerprint density at radius 3 is 2.90 bits per heavy atom. The van der Waals surface area contributed by atoms with Gasteiger partial charge in [0.1, 0.15) is 5.82 Å². The summed E-state index contributed by atoms with van der Waals surface area (Å²) in [5.74, 6) is 0.138. The molecule has 0 N–H and O–H groups in total. The highest BCUT2D eigenvalue weighted by Gasteiger charge is 2.30. The molecule has 21 heavy (non-hydrogen) atoms. The lowest BCUT2D eigenvalue weighted by Gasteiger charge is -2.29. The molecule has 2 heterocycles. The first-order valence-electron chi connectivity index (χ1n) is 6.36. The Morgan fingerprint density at radius 1 is 1.33 bits per heavy atom. The third-order valence-corrected chi connectivity index (χ3v) is 6.17. The Balaban J connectivity index is 2.09. The van der Waals surface area contributed by atoms with Crippen LogP contribution in [-0.2, 0) is 10.0 Å². The highest BCUT2D eigenvalue weighted by atomic mass is 32.2. The maximum Gasteiger partial charge on any atom is 0.264 e. The van der Waals surface area contributed by atoms with E-state index in [0.29, 0.717) is 23.5 Å². The third-order valence-electron chi connectivity index (χ3n) is 3.31. The van der Waals surface area contributed by atoms with Crippen molar-refractivity contribution in [1.82, 2.24) is 4.98 Å². The summed E-state index contributed by atoms with van der Waals surface area (Å²) in [6, 6.07) is 5.77. The summed E-state index contributed by atoms with van der Waals surface area (Å²) in [5.41, 5.74) is 0.972. The van der Waals surface area contributed by atoms with Crippen LogP contribution in [0.25, 0.3) is 0 Å². The molecule has 0 saturated carbocycles. The first-order chi connectivity index (χ1) is 10.00. The van der Waals surface area contributed by atoms with Crippen LogP contribution in [0.15, 0.2) is 46.5 Å². The minimum Gasteiger partial charge on any atom is -0.263 e. The molecule has 0 aliphatic carbocycles. The molecule has 1 aromatic carbocycles. The number of aromatic nitrogens is 1. The molecule has 0 bridgehead atoms. The lowest BCUT2D eigenvalue weighted by molar-refractivity contribution is 0.585. The highest BCUT2D eigenvalue weighted by molar-refractivity contribution is 8.00. The number of fused-ring (bicyclic) bond motifs is 1. The van der Waals surface area contributed by atoms with Crippen LogP contribution in [0.2, 0.25) is 0 Å². The van der Waals surface area contributed by atoms with Gasteiger partial charge in [-0.25, -0.2) is 12.8 Å². The van der Waals surface area contributed by atoms with Crippen LogP contribution in [0.4, 0.5) is 10.1 Å². The first-order valence-corrected chi connectivity index (χ1v) is 8.78. The standard InChI is InChI=1S/C14H13FN2O2S2/c1-10-2-3-11(8-12(10)15)21(18,19)17-6-7-20-14-4-5-16-9-13(14)17/h2-5,8-9H,6-7H2,1H3. The predicted molar refractivity (Wildman–Crippen MR) is 80.6 cm³/mol. The Morgan fingerprint density at radius 2 is 2.14 bits per heavy atom. The zero-order valence-electron chi connectivity index (χ0n) is 11.3. The molecule has 0 unspecified atom stereocenters. The molecular weight excluding hydrogens is 311 g/mol. The molecule has 2 aromatic rings. The maximum absolute atomic E-state index is 13.7. The van der Waals surface area contributed by atoms with E-state index in [-0.39, 0.29) is 4.90 Å². The molecule has 0 spiro atoms. The van der Waals surface area contributed by atoms with Gasteiger partial charge in [0.15, 0.2) is 0 Å². The summed E-state index contributed by atoms with van der Waals surface area (Å²) in [6.07, 6.45) is 3.16. The Kier molecular flexibility index (Phi) is 3.62. The van der Waals surface area contributed by atoms with Crippen molar-refractivity contribution in [2.24, 2.45) is 0 Å². The quantitative estimate of drug-likeness (QED) is 0.852. The van der Waals surface area contributed by atoms with Gasteiger partial charge in [-0.2, -0.15) is 0 Å². The van der Waals surface area contributed by atoms with Gasteiger partial charge in [0.05, 0.1) is 16.8 Å². The summed E-state index contributed by atoms with van der Waals surface area (Å²) in [4.78, 5) is 4.83. The van der Waals surface area contributed by atoms with Gasteiger partial charge in [-0.1, -0.05) is 6.07 Å². The van der Waals surface area contributed by atoms with Crippen molar-refractivity contribution in [3.8, 4) is 0 Å². The summed E-state index contributed by atoms with van der Waals surface area (Å²) in [6.45, 7) is 1.95. The van der Waals surface area contributed by atoms with Gasteiger partial charge in [0.2, 0.25) is 0 Å². The fourth-order valence-electron chi connectivity index (χ4n) is 2.15. The number of pyridine rings is 1. The van der Waals surface area contributed by atoms with Gasteiger partial charge in [-0.05, 0) is 30.7 Å². The summed E-state index contributed by atoms with van der Waals surface area (Å²) >= 11 is 1.59. The van der Waals surface area contributed by atoms with E-state index in [1.54, 1.807) is 30.9 Å². The van der Waals surface area contributed by atoms with Crippen molar-refractivity contribution < 1.29 is 12.8 Å². The van der Waals surface area contributed by atoms with Gasteiger partial charge in [-0.15, -0.1) is 11.8 Å². The van der Waals surface area contributed by atoms with E-state index in [1.807, 2.05) is 0 Å². The van der Waals surface area contributed by atoms with Crippen molar-refractivity contribution >= 4 is 27.5 Å². The number of sulfonamides is 1. The van der Waals surface area contributed by atoms with Gasteiger partial charge in [0.25, 0.3) is 10.0 Å². The second kappa shape index (κ2) is 5.31. The van der Waals surface area contributed by atoms with E-state index in [9.17, 15) is 12.8 Å². The highest BCUT2D eigenvalue weighted by Crippen LogP contribution is 2.36. The fourth-order valence-corrected chi connectivity index (χ4v) is 4.77. The number of nitrogens with zero attached hydrogens (tertiary/aromatic N) is 2. The number of anilines is 1. The van der Waals surface area contributed by atoms with Crippen LogP contribution in [0.1, 0.15) is 5.56 Å². The SMILES string of the molecule is Cc1ccc(S(=O)(=O)N2CCSc3ccncc32)cc1F. The summed E-state index contributed by atoms with van der Waals surface area (Å²) in [7, 11) is -3.77. The molecule has 110 valence electrons. The van der Waals surface area contributed by atoms with Crippen LogP contribution >= 0.6 is 11.8 Å². The van der Waals surface area contributed by atoms with Crippen LogP contribution in [0.3, 0.4) is 0 Å². The Hall–Kier alpha value is -1.60. The predicted octanol–water partition coefficient (Wildman–Crippen LogP) is 2.83. The van der Waals surface area contributed by atoms with Crippen molar-refractivity contribution in [3.63, 3.8) is 0 Å². The topological polar surface area (TPSA) is 50.3 Å². The van der Waals surface area contributed by atoms with Crippen LogP contribution < -0.4 is 4.31 Å². The zero-order valence-corrected chi connectivity index (χ0v) is 12.9. The normalized spacial score (nSPS) is 14.9. The monoisotopic (exact) mass is 324 g/mol. The average molecular weight is 324 g/mol. The van der Waals surface area contributed by atoms with Crippen LogP contribution in [-0.4, -0.2) is 25.7 Å². The lowest BCUT2D eigenvalue weighted by Crippen LogP contribution is -2.35. The largest absolute Gasteiger partial charge is 0.264 e. The lowest BCUT2D eigenvalue weighted by atomic mass is 10.2. The second-order valence-electron chi connectivity index (χ2n) is 4.68. The molecule has 1 aromatic heterocycles. The minimum atomic E-state index is -3.77. The fraction of sp³-hybridized carbons (Fsp3) is 0.214. The number of halogens is 1. The van der Waals surface area contributed by atoms with E-state index in [2.05, 4.69) is 4.98 Å². The van der Waals surface area contributed by atoms with Crippen molar-refractivity contribution in [3.05, 3.63) is 48.0 Å². The molecule has 0 saturated heterocycles. The van der Waals surface area contributed by atoms with E-state index in [0.717, 1.165) is 11.0 Å². The van der Waals surface area contributed by atoms with Gasteiger partial charge in [0, 0.05) is 23.4 Å². The van der Waals surface area contributed by atoms with Crippen molar-refractivity contribution in [1.29, 1.82) is 0 Å². The average Bonchev–Trinajstić information content (AvgIpc) is 2.49.